The van der Waals surface area contributed by atoms with Crippen LogP contribution in [0.4, 0.5) is 0 Å². The minimum Gasteiger partial charge on any atom is -0.392 e. The fraction of sp³-hybridized carbons (Fsp3) is 0.818. The molecule has 1 aliphatic carbocycles. The molecule has 0 aromatic rings. The average molecular weight is 218 g/mol. The monoisotopic (exact) mass is 217 g/mol. The third-order valence-corrected chi connectivity index (χ3v) is 3.18. The summed E-state index contributed by atoms with van der Waals surface area (Å²) in [4.78, 5) is 0. The van der Waals surface area contributed by atoms with Gasteiger partial charge in [0, 0.05) is 18.1 Å². The second kappa shape index (κ2) is 6.44. The van der Waals surface area contributed by atoms with Gasteiger partial charge in [-0.3, -0.25) is 0 Å². The topological polar surface area (TPSA) is 32.3 Å². The van der Waals surface area contributed by atoms with Gasteiger partial charge in [0.25, 0.3) is 0 Å². The zero-order chi connectivity index (χ0) is 10.4. The number of rotatable bonds is 3. The van der Waals surface area contributed by atoms with Crippen LogP contribution in [0.5, 0.6) is 0 Å². The van der Waals surface area contributed by atoms with E-state index in [0.29, 0.717) is 0 Å². The van der Waals surface area contributed by atoms with Crippen molar-refractivity contribution >= 4 is 11.6 Å². The Hall–Kier alpha value is -0.0500. The van der Waals surface area contributed by atoms with Gasteiger partial charge in [-0.25, -0.2) is 0 Å². The van der Waals surface area contributed by atoms with Crippen LogP contribution in [0.2, 0.25) is 0 Å². The highest BCUT2D eigenvalue weighted by Gasteiger charge is 2.20. The molecule has 0 bridgehead atoms. The summed E-state index contributed by atoms with van der Waals surface area (Å²) in [5, 5.41) is 13.2. The van der Waals surface area contributed by atoms with Crippen molar-refractivity contribution in [2.45, 2.75) is 51.2 Å². The minimum absolute atomic E-state index is 0.180. The molecule has 2 atom stereocenters. The van der Waals surface area contributed by atoms with E-state index >= 15 is 0 Å². The van der Waals surface area contributed by atoms with Crippen molar-refractivity contribution < 1.29 is 5.11 Å². The number of hydrogen-bond acceptors (Lipinski definition) is 2. The van der Waals surface area contributed by atoms with Crippen LogP contribution in [-0.2, 0) is 0 Å². The summed E-state index contributed by atoms with van der Waals surface area (Å²) in [6, 6.07) is 0.254. The second-order valence-corrected chi connectivity index (χ2v) is 4.37. The van der Waals surface area contributed by atoms with Gasteiger partial charge >= 0.3 is 0 Å². The predicted octanol–water partition coefficient (Wildman–Crippen LogP) is 2.41. The van der Waals surface area contributed by atoms with Crippen LogP contribution in [0.3, 0.4) is 0 Å². The first kappa shape index (κ1) is 12.0. The van der Waals surface area contributed by atoms with E-state index in [1.165, 1.54) is 12.8 Å². The van der Waals surface area contributed by atoms with E-state index in [-0.39, 0.29) is 12.1 Å². The summed E-state index contributed by atoms with van der Waals surface area (Å²) < 4.78 is 0. The number of hydrogen-bond donors (Lipinski definition) is 2. The molecule has 3 heteroatoms. The largest absolute Gasteiger partial charge is 0.392 e. The minimum atomic E-state index is -0.180. The lowest BCUT2D eigenvalue weighted by Crippen LogP contribution is -2.39. The molecule has 0 amide bonds. The standard InChI is InChI=1S/C11H20ClNO/c1-9(7-12)8-13-10-5-3-2-4-6-11(10)14/h7,10-11,13-14H,2-6,8H2,1H3/b9-7+. The van der Waals surface area contributed by atoms with Gasteiger partial charge in [0.2, 0.25) is 0 Å². The molecule has 2 N–H and O–H groups in total. The first-order valence-corrected chi connectivity index (χ1v) is 5.85. The fourth-order valence-corrected chi connectivity index (χ4v) is 1.93. The summed E-state index contributed by atoms with van der Waals surface area (Å²) >= 11 is 5.57. The van der Waals surface area contributed by atoms with Gasteiger partial charge in [-0.05, 0) is 25.3 Å². The van der Waals surface area contributed by atoms with Crippen molar-refractivity contribution in [2.75, 3.05) is 6.54 Å². The lowest BCUT2D eigenvalue weighted by atomic mass is 10.1. The Morgan fingerprint density at radius 3 is 2.86 bits per heavy atom. The summed E-state index contributed by atoms with van der Waals surface area (Å²) in [6.45, 7) is 2.77. The first-order valence-electron chi connectivity index (χ1n) is 5.41. The third kappa shape index (κ3) is 3.99. The zero-order valence-corrected chi connectivity index (χ0v) is 9.56. The van der Waals surface area contributed by atoms with E-state index in [0.717, 1.165) is 31.4 Å². The number of aliphatic hydroxyl groups excluding tert-OH is 1. The normalized spacial score (nSPS) is 30.1. The highest BCUT2D eigenvalue weighted by atomic mass is 35.5. The van der Waals surface area contributed by atoms with E-state index < -0.39 is 0 Å². The number of halogens is 1. The molecule has 1 aliphatic rings. The van der Waals surface area contributed by atoms with Crippen LogP contribution >= 0.6 is 11.6 Å². The van der Waals surface area contributed by atoms with Crippen LogP contribution in [0.15, 0.2) is 11.1 Å². The molecule has 1 fully saturated rings. The Bertz CT molecular complexity index is 194. The van der Waals surface area contributed by atoms with Crippen molar-refractivity contribution in [1.82, 2.24) is 5.32 Å². The molecule has 0 heterocycles. The predicted molar refractivity (Wildman–Crippen MR) is 60.5 cm³/mol. The van der Waals surface area contributed by atoms with Gasteiger partial charge in [-0.1, -0.05) is 30.9 Å². The van der Waals surface area contributed by atoms with Crippen LogP contribution in [-0.4, -0.2) is 23.8 Å². The SMILES string of the molecule is C/C(=C\Cl)CNC1CCCCCC1O. The maximum atomic E-state index is 9.82. The van der Waals surface area contributed by atoms with Crippen molar-refractivity contribution in [1.29, 1.82) is 0 Å². The van der Waals surface area contributed by atoms with Crippen molar-refractivity contribution in [3.05, 3.63) is 11.1 Å². The molecule has 0 aromatic heterocycles. The van der Waals surface area contributed by atoms with Gasteiger partial charge in [0.05, 0.1) is 6.10 Å². The molecule has 0 saturated heterocycles. The van der Waals surface area contributed by atoms with Gasteiger partial charge < -0.3 is 10.4 Å². The molecule has 1 rings (SSSR count). The van der Waals surface area contributed by atoms with Crippen LogP contribution in [0.1, 0.15) is 39.0 Å². The molecule has 2 unspecified atom stereocenters. The van der Waals surface area contributed by atoms with Crippen LogP contribution in [0.25, 0.3) is 0 Å². The van der Waals surface area contributed by atoms with Gasteiger partial charge in [-0.15, -0.1) is 0 Å². The number of aliphatic hydroxyl groups is 1. The Balaban J connectivity index is 2.33. The first-order chi connectivity index (χ1) is 6.74. The molecule has 0 radical (unpaired) electrons. The Labute approximate surface area is 91.3 Å². The van der Waals surface area contributed by atoms with Crippen LogP contribution in [0, 0.1) is 0 Å². The van der Waals surface area contributed by atoms with Crippen molar-refractivity contribution in [3.63, 3.8) is 0 Å². The molecular weight excluding hydrogens is 198 g/mol. The van der Waals surface area contributed by atoms with Gasteiger partial charge in [0.15, 0.2) is 0 Å². The smallest absolute Gasteiger partial charge is 0.0693 e. The quantitative estimate of drug-likeness (QED) is 0.712. The Morgan fingerprint density at radius 1 is 1.43 bits per heavy atom. The van der Waals surface area contributed by atoms with Gasteiger partial charge in [-0.2, -0.15) is 0 Å². The highest BCUT2D eigenvalue weighted by Crippen LogP contribution is 2.18. The Morgan fingerprint density at radius 2 is 2.14 bits per heavy atom. The molecular formula is C11H20ClNO. The van der Waals surface area contributed by atoms with Crippen molar-refractivity contribution in [2.24, 2.45) is 0 Å². The molecule has 82 valence electrons. The fourth-order valence-electron chi connectivity index (χ4n) is 1.86. The highest BCUT2D eigenvalue weighted by molar-refractivity contribution is 6.25. The molecule has 0 aliphatic heterocycles. The third-order valence-electron chi connectivity index (χ3n) is 2.81. The van der Waals surface area contributed by atoms with E-state index in [1.54, 1.807) is 5.54 Å². The lowest BCUT2D eigenvalue weighted by molar-refractivity contribution is 0.121. The van der Waals surface area contributed by atoms with E-state index in [4.69, 9.17) is 11.6 Å². The molecule has 0 aromatic carbocycles. The van der Waals surface area contributed by atoms with E-state index in [1.807, 2.05) is 6.92 Å². The molecule has 2 nitrogen and oxygen atoms in total. The Kier molecular flexibility index (Phi) is 5.53. The summed E-state index contributed by atoms with van der Waals surface area (Å²) in [5.74, 6) is 0. The summed E-state index contributed by atoms with van der Waals surface area (Å²) in [5.41, 5.74) is 2.71. The maximum Gasteiger partial charge on any atom is 0.0693 e. The summed E-state index contributed by atoms with van der Waals surface area (Å²) in [7, 11) is 0. The lowest BCUT2D eigenvalue weighted by Gasteiger charge is -2.21. The van der Waals surface area contributed by atoms with Crippen LogP contribution < -0.4 is 5.32 Å². The molecule has 14 heavy (non-hydrogen) atoms. The molecule has 0 spiro atoms. The van der Waals surface area contributed by atoms with Crippen molar-refractivity contribution in [3.8, 4) is 0 Å². The maximum absolute atomic E-state index is 9.82. The van der Waals surface area contributed by atoms with Gasteiger partial charge in [0.1, 0.15) is 0 Å². The zero-order valence-electron chi connectivity index (χ0n) is 8.80. The second-order valence-electron chi connectivity index (χ2n) is 4.15. The summed E-state index contributed by atoms with van der Waals surface area (Å²) in [6.07, 6.45) is 5.46. The number of nitrogens with one attached hydrogen (secondary N) is 1. The van der Waals surface area contributed by atoms with E-state index in [9.17, 15) is 5.11 Å². The van der Waals surface area contributed by atoms with E-state index in [2.05, 4.69) is 5.32 Å². The average Bonchev–Trinajstić information content (AvgIpc) is 2.39. The molecule has 1 saturated carbocycles.